The van der Waals surface area contributed by atoms with Crippen LogP contribution < -0.4 is 0 Å². The normalized spacial score (nSPS) is 38.9. The Bertz CT molecular complexity index is 1070. The minimum atomic E-state index is -0.993. The highest BCUT2D eigenvalue weighted by Gasteiger charge is 2.61. The number of aliphatic hydroxyl groups is 2. The molecule has 2 N–H and O–H groups in total. The number of fused-ring (bicyclic) bond motifs is 5. The summed E-state index contributed by atoms with van der Waals surface area (Å²) in [6.07, 6.45) is 11.6. The maximum atomic E-state index is 12.6. The molecule has 4 aliphatic rings. The highest BCUT2D eigenvalue weighted by Crippen LogP contribution is 2.68. The lowest BCUT2D eigenvalue weighted by atomic mass is 9.46. The first kappa shape index (κ1) is 24.4. The maximum Gasteiger partial charge on any atom is 0.117 e. The molecule has 4 aliphatic carbocycles. The first-order valence-corrected chi connectivity index (χ1v) is 14.5. The van der Waals surface area contributed by atoms with E-state index in [9.17, 15) is 10.2 Å². The second-order valence-corrected chi connectivity index (χ2v) is 13.2. The third-order valence-electron chi connectivity index (χ3n) is 11.8. The summed E-state index contributed by atoms with van der Waals surface area (Å²) in [6.45, 7) is 7.42. The summed E-state index contributed by atoms with van der Waals surface area (Å²) in [7, 11) is 0. The number of rotatable bonds is 4. The van der Waals surface area contributed by atoms with Gasteiger partial charge in [0, 0.05) is 0 Å². The average molecular weight is 485 g/mol. The van der Waals surface area contributed by atoms with Crippen LogP contribution in [0, 0.1) is 40.4 Å². The summed E-state index contributed by atoms with van der Waals surface area (Å²) in [6, 6.07) is 20.8. The average Bonchev–Trinajstić information content (AvgIpc) is 3.26. The maximum absolute atomic E-state index is 12.6. The van der Waals surface area contributed by atoms with Crippen LogP contribution in [0.2, 0.25) is 0 Å². The van der Waals surface area contributed by atoms with Crippen LogP contribution in [-0.4, -0.2) is 16.3 Å². The summed E-state index contributed by atoms with van der Waals surface area (Å²) in [5.74, 6) is 2.83. The molecule has 2 aromatic rings. The topological polar surface area (TPSA) is 40.5 Å². The zero-order valence-corrected chi connectivity index (χ0v) is 22.4. The van der Waals surface area contributed by atoms with Crippen molar-refractivity contribution >= 4 is 0 Å². The van der Waals surface area contributed by atoms with Crippen molar-refractivity contribution in [1.82, 2.24) is 0 Å². The van der Waals surface area contributed by atoms with Crippen molar-refractivity contribution in [3.05, 3.63) is 83.4 Å². The molecule has 0 aromatic heterocycles. The predicted octanol–water partition coefficient (Wildman–Crippen LogP) is 7.50. The van der Waals surface area contributed by atoms with Gasteiger partial charge in [-0.15, -0.1) is 0 Å². The fourth-order valence-corrected chi connectivity index (χ4v) is 9.87. The van der Waals surface area contributed by atoms with Gasteiger partial charge < -0.3 is 10.2 Å². The molecule has 0 radical (unpaired) electrons. The SMILES string of the molecule is CC(C1CCC2C3CC=C4CC(O)CCC4(C)C3CCC21C)C(O)(c1ccccc1)c1ccccc1. The highest BCUT2D eigenvalue weighted by molar-refractivity contribution is 5.37. The zero-order valence-electron chi connectivity index (χ0n) is 22.4. The van der Waals surface area contributed by atoms with Gasteiger partial charge in [0.15, 0.2) is 0 Å². The lowest BCUT2D eigenvalue weighted by Crippen LogP contribution is -2.52. The van der Waals surface area contributed by atoms with Crippen LogP contribution >= 0.6 is 0 Å². The third-order valence-corrected chi connectivity index (χ3v) is 11.8. The molecule has 8 unspecified atom stereocenters. The number of hydrogen-bond acceptors (Lipinski definition) is 2. The second-order valence-electron chi connectivity index (χ2n) is 13.2. The Kier molecular flexibility index (Phi) is 6.00. The molecule has 2 nitrogen and oxygen atoms in total. The van der Waals surface area contributed by atoms with Gasteiger partial charge in [0.1, 0.15) is 5.60 Å². The molecule has 0 aliphatic heterocycles. The quantitative estimate of drug-likeness (QED) is 0.441. The molecule has 2 heteroatoms. The lowest BCUT2D eigenvalue weighted by Gasteiger charge is -2.59. The van der Waals surface area contributed by atoms with Gasteiger partial charge in [-0.3, -0.25) is 0 Å². The van der Waals surface area contributed by atoms with E-state index in [4.69, 9.17) is 0 Å². The Morgan fingerprint density at radius 3 is 2.11 bits per heavy atom. The van der Waals surface area contributed by atoms with Crippen molar-refractivity contribution < 1.29 is 10.2 Å². The van der Waals surface area contributed by atoms with E-state index in [0.29, 0.717) is 5.92 Å². The number of allylic oxidation sites excluding steroid dienone is 1. The van der Waals surface area contributed by atoms with E-state index >= 15 is 0 Å². The van der Waals surface area contributed by atoms with Gasteiger partial charge >= 0.3 is 0 Å². The van der Waals surface area contributed by atoms with Gasteiger partial charge in [-0.25, -0.2) is 0 Å². The van der Waals surface area contributed by atoms with Crippen LogP contribution in [0.3, 0.4) is 0 Å². The number of aliphatic hydroxyl groups excluding tert-OH is 1. The van der Waals surface area contributed by atoms with Crippen LogP contribution in [0.15, 0.2) is 72.3 Å². The molecular weight excluding hydrogens is 440 g/mol. The largest absolute Gasteiger partial charge is 0.393 e. The van der Waals surface area contributed by atoms with Crippen LogP contribution in [0.25, 0.3) is 0 Å². The Balaban J connectivity index is 1.34. The Morgan fingerprint density at radius 2 is 1.47 bits per heavy atom. The lowest BCUT2D eigenvalue weighted by molar-refractivity contribution is -0.0838. The monoisotopic (exact) mass is 484 g/mol. The first-order valence-electron chi connectivity index (χ1n) is 14.5. The minimum Gasteiger partial charge on any atom is -0.393 e. The summed E-state index contributed by atoms with van der Waals surface area (Å²) in [5.41, 5.74) is 3.13. The standard InChI is InChI=1S/C34H44O2/c1-23(34(36,24-10-6-4-7-11-24)25-12-8-5-9-13-25)29-16-17-30-28-15-14-26-22-27(35)18-20-32(26,2)31(28)19-21-33(29,30)3/h4-14,23,27-31,35-36H,15-22H2,1-3H3. The van der Waals surface area contributed by atoms with Crippen molar-refractivity contribution in [2.24, 2.45) is 40.4 Å². The molecule has 3 fully saturated rings. The molecule has 192 valence electrons. The van der Waals surface area contributed by atoms with E-state index < -0.39 is 5.60 Å². The molecule has 0 heterocycles. The van der Waals surface area contributed by atoms with E-state index in [0.717, 1.165) is 48.1 Å². The van der Waals surface area contributed by atoms with E-state index in [1.807, 2.05) is 12.1 Å². The van der Waals surface area contributed by atoms with Gasteiger partial charge in [-0.1, -0.05) is 93.1 Å². The molecule has 0 amide bonds. The second kappa shape index (κ2) is 8.84. The van der Waals surface area contributed by atoms with Crippen LogP contribution in [-0.2, 0) is 5.60 Å². The fraction of sp³-hybridized carbons (Fsp3) is 0.588. The van der Waals surface area contributed by atoms with E-state index in [1.54, 1.807) is 5.57 Å². The van der Waals surface area contributed by atoms with Crippen LogP contribution in [0.5, 0.6) is 0 Å². The summed E-state index contributed by atoms with van der Waals surface area (Å²) >= 11 is 0. The van der Waals surface area contributed by atoms with Crippen LogP contribution in [0.1, 0.15) is 83.3 Å². The molecule has 36 heavy (non-hydrogen) atoms. The predicted molar refractivity (Wildman–Crippen MR) is 146 cm³/mol. The smallest absolute Gasteiger partial charge is 0.117 e. The summed E-state index contributed by atoms with van der Waals surface area (Å²) in [5, 5.41) is 23.0. The third kappa shape index (κ3) is 3.51. The summed E-state index contributed by atoms with van der Waals surface area (Å²) < 4.78 is 0. The number of hydrogen-bond donors (Lipinski definition) is 2. The first-order chi connectivity index (χ1) is 17.3. The van der Waals surface area contributed by atoms with Gasteiger partial charge in [0.2, 0.25) is 0 Å². The van der Waals surface area contributed by atoms with Crippen molar-refractivity contribution in [3.8, 4) is 0 Å². The fourth-order valence-electron chi connectivity index (χ4n) is 9.87. The molecule has 0 saturated heterocycles. The Morgan fingerprint density at radius 1 is 0.833 bits per heavy atom. The highest BCUT2D eigenvalue weighted by atomic mass is 16.3. The Hall–Kier alpha value is -1.90. The van der Waals surface area contributed by atoms with E-state index in [2.05, 4.69) is 75.4 Å². The van der Waals surface area contributed by atoms with Crippen molar-refractivity contribution in [2.75, 3.05) is 0 Å². The van der Waals surface area contributed by atoms with Gasteiger partial charge in [0.25, 0.3) is 0 Å². The van der Waals surface area contributed by atoms with Crippen molar-refractivity contribution in [3.63, 3.8) is 0 Å². The van der Waals surface area contributed by atoms with E-state index in [1.165, 1.54) is 32.1 Å². The molecule has 8 atom stereocenters. The van der Waals surface area contributed by atoms with Gasteiger partial charge in [0.05, 0.1) is 6.10 Å². The molecule has 6 rings (SSSR count). The molecule has 0 spiro atoms. The molecule has 2 aromatic carbocycles. The van der Waals surface area contributed by atoms with Gasteiger partial charge in [-0.2, -0.15) is 0 Å². The van der Waals surface area contributed by atoms with Crippen molar-refractivity contribution in [1.29, 1.82) is 0 Å². The van der Waals surface area contributed by atoms with Crippen molar-refractivity contribution in [2.45, 2.75) is 83.8 Å². The molecular formula is C34H44O2. The molecule has 0 bridgehead atoms. The zero-order chi connectivity index (χ0) is 25.1. The van der Waals surface area contributed by atoms with E-state index in [-0.39, 0.29) is 22.9 Å². The minimum absolute atomic E-state index is 0.129. The number of benzene rings is 2. The Labute approximate surface area is 217 Å². The molecule has 3 saturated carbocycles. The summed E-state index contributed by atoms with van der Waals surface area (Å²) in [4.78, 5) is 0. The van der Waals surface area contributed by atoms with Gasteiger partial charge in [-0.05, 0) is 103 Å². The van der Waals surface area contributed by atoms with Crippen LogP contribution in [0.4, 0.5) is 0 Å².